The average molecular weight is 651 g/mol. The van der Waals surface area contributed by atoms with Crippen LogP contribution in [0.3, 0.4) is 0 Å². The van der Waals surface area contributed by atoms with Gasteiger partial charge in [-0.15, -0.1) is 23.5 Å². The predicted octanol–water partition coefficient (Wildman–Crippen LogP) is 9.78. The lowest BCUT2D eigenvalue weighted by Gasteiger charge is -2.46. The normalized spacial score (nSPS) is 21.2. The van der Waals surface area contributed by atoms with E-state index >= 15 is 0 Å². The molecular formula is C39H38O3S3. The van der Waals surface area contributed by atoms with Gasteiger partial charge < -0.3 is 14.2 Å². The van der Waals surface area contributed by atoms with Gasteiger partial charge in [-0.2, -0.15) is 11.8 Å². The molecule has 0 radical (unpaired) electrons. The Balaban J connectivity index is 1.33. The molecule has 0 saturated carbocycles. The Kier molecular flexibility index (Phi) is 11.9. The average Bonchev–Trinajstić information content (AvgIpc) is 3.10. The van der Waals surface area contributed by atoms with E-state index in [1.165, 1.54) is 16.7 Å². The van der Waals surface area contributed by atoms with Gasteiger partial charge >= 0.3 is 0 Å². The van der Waals surface area contributed by atoms with E-state index in [-0.39, 0.29) is 22.7 Å². The van der Waals surface area contributed by atoms with Crippen molar-refractivity contribution < 1.29 is 14.2 Å². The van der Waals surface area contributed by atoms with Gasteiger partial charge in [-0.05, 0) is 41.0 Å². The summed E-state index contributed by atoms with van der Waals surface area (Å²) in [5, 5.41) is 0.274. The maximum Gasteiger partial charge on any atom is 0.238 e. The highest BCUT2D eigenvalue weighted by atomic mass is 32.2. The summed E-state index contributed by atoms with van der Waals surface area (Å²) in [4.78, 5) is 0. The van der Waals surface area contributed by atoms with Crippen LogP contribution in [0.15, 0.2) is 152 Å². The van der Waals surface area contributed by atoms with E-state index in [9.17, 15) is 0 Å². The molecule has 1 aliphatic heterocycles. The monoisotopic (exact) mass is 650 g/mol. The van der Waals surface area contributed by atoms with E-state index in [4.69, 9.17) is 14.2 Å². The zero-order valence-corrected chi connectivity index (χ0v) is 27.5. The van der Waals surface area contributed by atoms with Gasteiger partial charge in [0.05, 0.1) is 11.4 Å². The van der Waals surface area contributed by atoms with Crippen LogP contribution < -0.4 is 9.47 Å². The molecule has 0 aliphatic carbocycles. The molecule has 0 aromatic heterocycles. The maximum atomic E-state index is 6.99. The molecule has 0 unspecified atom stereocenters. The summed E-state index contributed by atoms with van der Waals surface area (Å²) in [7, 11) is 0. The third-order valence-corrected chi connectivity index (χ3v) is 11.8. The summed E-state index contributed by atoms with van der Waals surface area (Å²) in [6.07, 6.45) is -0.938. The molecule has 3 nitrogen and oxygen atoms in total. The van der Waals surface area contributed by atoms with Crippen LogP contribution in [0, 0.1) is 0 Å². The summed E-state index contributed by atoms with van der Waals surface area (Å²) in [5.41, 5.74) is 3.94. The number of thioether (sulfide) groups is 3. The van der Waals surface area contributed by atoms with Crippen molar-refractivity contribution in [3.05, 3.63) is 168 Å². The van der Waals surface area contributed by atoms with Crippen molar-refractivity contribution >= 4 is 35.3 Å². The van der Waals surface area contributed by atoms with Gasteiger partial charge in [-0.3, -0.25) is 0 Å². The molecule has 230 valence electrons. The van der Waals surface area contributed by atoms with Gasteiger partial charge in [-0.25, -0.2) is 0 Å². The van der Waals surface area contributed by atoms with Crippen LogP contribution >= 0.6 is 35.3 Å². The Morgan fingerprint density at radius 1 is 0.467 bits per heavy atom. The van der Waals surface area contributed by atoms with E-state index in [1.54, 1.807) is 0 Å². The molecule has 0 N–H and O–H groups in total. The second-order valence-electron chi connectivity index (χ2n) is 10.9. The molecule has 1 aliphatic rings. The minimum Gasteiger partial charge on any atom is -0.483 e. The molecule has 0 amide bonds. The minimum absolute atomic E-state index is 0.0370. The molecule has 5 aromatic rings. The van der Waals surface area contributed by atoms with Crippen molar-refractivity contribution in [1.29, 1.82) is 0 Å². The zero-order valence-electron chi connectivity index (χ0n) is 25.1. The van der Waals surface area contributed by atoms with Crippen LogP contribution in [-0.4, -0.2) is 34.8 Å². The lowest BCUT2D eigenvalue weighted by molar-refractivity contribution is -0.183. The first-order valence-electron chi connectivity index (χ1n) is 15.3. The Labute approximate surface area is 280 Å². The highest BCUT2D eigenvalue weighted by Gasteiger charge is 2.49. The van der Waals surface area contributed by atoms with Crippen molar-refractivity contribution in [1.82, 2.24) is 0 Å². The zero-order chi connectivity index (χ0) is 30.5. The fourth-order valence-corrected chi connectivity index (χ4v) is 9.58. The molecule has 6 rings (SSSR count). The quantitative estimate of drug-likeness (QED) is 0.119. The van der Waals surface area contributed by atoms with Crippen LogP contribution in [-0.2, 0) is 22.0 Å². The van der Waals surface area contributed by atoms with Gasteiger partial charge in [0.15, 0.2) is 6.10 Å². The summed E-state index contributed by atoms with van der Waals surface area (Å²) in [5.74, 6) is 5.18. The van der Waals surface area contributed by atoms with Crippen molar-refractivity contribution in [2.24, 2.45) is 0 Å². The topological polar surface area (TPSA) is 27.7 Å². The molecule has 0 bridgehead atoms. The first-order chi connectivity index (χ1) is 22.3. The molecule has 0 spiro atoms. The van der Waals surface area contributed by atoms with Gasteiger partial charge in [0.2, 0.25) is 6.29 Å². The molecule has 5 atom stereocenters. The molecular weight excluding hydrogens is 613 g/mol. The van der Waals surface area contributed by atoms with Gasteiger partial charge in [-0.1, -0.05) is 127 Å². The van der Waals surface area contributed by atoms with Gasteiger partial charge in [0.1, 0.15) is 11.5 Å². The number of ether oxygens (including phenoxy) is 3. The van der Waals surface area contributed by atoms with Crippen molar-refractivity contribution in [2.75, 3.05) is 5.75 Å². The summed E-state index contributed by atoms with van der Waals surface area (Å²) >= 11 is 5.85. The van der Waals surface area contributed by atoms with E-state index < -0.39 is 6.29 Å². The first kappa shape index (κ1) is 31.7. The largest absolute Gasteiger partial charge is 0.483 e. The maximum absolute atomic E-state index is 6.99. The van der Waals surface area contributed by atoms with Gasteiger partial charge in [0.25, 0.3) is 0 Å². The smallest absolute Gasteiger partial charge is 0.238 e. The van der Waals surface area contributed by atoms with Crippen LogP contribution in [0.25, 0.3) is 0 Å². The number of hydrogen-bond donors (Lipinski definition) is 0. The first-order valence-corrected chi connectivity index (χ1v) is 18.6. The second kappa shape index (κ2) is 16.9. The Bertz CT molecular complexity index is 1530. The van der Waals surface area contributed by atoms with Crippen molar-refractivity contribution in [3.63, 3.8) is 0 Å². The number of hydrogen-bond acceptors (Lipinski definition) is 6. The Morgan fingerprint density at radius 2 is 0.889 bits per heavy atom. The van der Waals surface area contributed by atoms with Crippen molar-refractivity contribution in [2.45, 2.75) is 46.3 Å². The Morgan fingerprint density at radius 3 is 1.40 bits per heavy atom. The lowest BCUT2D eigenvalue weighted by atomic mass is 10.0. The SMILES string of the molecule is c1ccc(CSC[C@H]2O[C@H](Oc3ccccc3)[C@H](Oc3ccccc3)[C@H](SCc3ccccc3)[C@H]2SCc2ccccc2)cc1. The lowest BCUT2D eigenvalue weighted by Crippen LogP contribution is -2.59. The number of rotatable bonds is 14. The van der Waals surface area contributed by atoms with E-state index in [1.807, 2.05) is 95.9 Å². The highest BCUT2D eigenvalue weighted by molar-refractivity contribution is 8.03. The molecule has 1 saturated heterocycles. The molecule has 1 fully saturated rings. The Hall–Kier alpha value is -3.29. The van der Waals surface area contributed by atoms with E-state index in [2.05, 4.69) is 91.0 Å². The number of para-hydroxylation sites is 2. The van der Waals surface area contributed by atoms with Gasteiger partial charge in [0, 0.05) is 28.3 Å². The second-order valence-corrected chi connectivity index (χ2v) is 14.3. The summed E-state index contributed by atoms with van der Waals surface area (Å²) < 4.78 is 20.5. The van der Waals surface area contributed by atoms with Crippen LogP contribution in [0.2, 0.25) is 0 Å². The summed E-state index contributed by atoms with van der Waals surface area (Å²) in [6, 6.07) is 52.2. The third kappa shape index (κ3) is 9.36. The number of benzene rings is 5. The van der Waals surface area contributed by atoms with E-state index in [0.29, 0.717) is 0 Å². The molecule has 45 heavy (non-hydrogen) atoms. The van der Waals surface area contributed by atoms with Crippen LogP contribution in [0.4, 0.5) is 0 Å². The summed E-state index contributed by atoms with van der Waals surface area (Å²) in [6.45, 7) is 0. The van der Waals surface area contributed by atoms with Crippen molar-refractivity contribution in [3.8, 4) is 11.5 Å². The molecule has 6 heteroatoms. The standard InChI is InChI=1S/C39H38O3S3/c1-6-16-30(17-7-1)26-43-29-35-37(44-27-31-18-8-2-9-19-31)38(45-28-32-20-10-3-11-21-32)36(40-33-22-12-4-13-23-33)39(42-35)41-34-24-14-5-15-25-34/h1-25,35-39H,26-29H2/t35-,36-,37+,38+,39+/m1/s1. The minimum atomic E-state index is -0.572. The molecule has 1 heterocycles. The van der Waals surface area contributed by atoms with Crippen LogP contribution in [0.1, 0.15) is 16.7 Å². The molecule has 5 aromatic carbocycles. The fourth-order valence-electron chi connectivity index (χ4n) is 5.31. The fraction of sp³-hybridized carbons (Fsp3) is 0.231. The third-order valence-electron chi connectivity index (χ3n) is 7.57. The van der Waals surface area contributed by atoms with Crippen LogP contribution in [0.5, 0.6) is 11.5 Å². The predicted molar refractivity (Wildman–Crippen MR) is 192 cm³/mol. The van der Waals surface area contributed by atoms with E-state index in [0.717, 1.165) is 34.5 Å². The highest BCUT2D eigenvalue weighted by Crippen LogP contribution is 2.42.